The molecule has 0 spiro atoms. The molecule has 0 saturated heterocycles. The van der Waals surface area contributed by atoms with Crippen molar-refractivity contribution >= 4 is 22.9 Å². The van der Waals surface area contributed by atoms with Crippen LogP contribution in [0.5, 0.6) is 0 Å². The molecule has 1 heterocycles. The molecular formula is C20H25N3O3. The average Bonchev–Trinajstić information content (AvgIpc) is 3.36. The van der Waals surface area contributed by atoms with E-state index in [4.69, 9.17) is 4.74 Å². The number of imidazole rings is 1. The molecule has 1 N–H and O–H groups in total. The van der Waals surface area contributed by atoms with E-state index < -0.39 is 5.97 Å². The fourth-order valence-corrected chi connectivity index (χ4v) is 4.78. The largest absolute Gasteiger partial charge is 0.454 e. The molecule has 4 atom stereocenters. The van der Waals surface area contributed by atoms with Gasteiger partial charge in [0.2, 0.25) is 0 Å². The van der Waals surface area contributed by atoms with E-state index in [1.54, 1.807) is 10.9 Å². The van der Waals surface area contributed by atoms with Gasteiger partial charge in [0, 0.05) is 6.04 Å². The van der Waals surface area contributed by atoms with E-state index in [1.807, 2.05) is 24.3 Å². The lowest BCUT2D eigenvalue weighted by molar-refractivity contribution is -0.149. The lowest BCUT2D eigenvalue weighted by atomic mass is 9.84. The van der Waals surface area contributed by atoms with Crippen LogP contribution in [-0.2, 0) is 20.9 Å². The Morgan fingerprint density at radius 3 is 2.92 bits per heavy atom. The molecule has 6 nitrogen and oxygen atoms in total. The van der Waals surface area contributed by atoms with Crippen LogP contribution in [0, 0.1) is 17.8 Å². The summed E-state index contributed by atoms with van der Waals surface area (Å²) >= 11 is 0. The standard InChI is InChI=1S/C20H25N3O3/c1-13(16-9-14-6-7-15(16)8-14)22-19(24)11-26-20(25)10-23-12-21-17-4-2-3-5-18(17)23/h2-5,12-16H,6-11H2,1H3,(H,22,24). The highest BCUT2D eigenvalue weighted by Gasteiger charge is 2.42. The Morgan fingerprint density at radius 1 is 1.31 bits per heavy atom. The Hall–Kier alpha value is -2.37. The monoisotopic (exact) mass is 355 g/mol. The molecule has 4 rings (SSSR count). The number of nitrogens with zero attached hydrogens (tertiary/aromatic N) is 2. The first-order valence-electron chi connectivity index (χ1n) is 9.45. The van der Waals surface area contributed by atoms with Gasteiger partial charge in [-0.05, 0) is 56.1 Å². The van der Waals surface area contributed by atoms with Crippen molar-refractivity contribution in [2.45, 2.75) is 45.2 Å². The van der Waals surface area contributed by atoms with Crippen LogP contribution in [0.15, 0.2) is 30.6 Å². The number of rotatable bonds is 6. The van der Waals surface area contributed by atoms with Crippen LogP contribution in [-0.4, -0.2) is 34.1 Å². The Labute approximate surface area is 152 Å². The Bertz CT molecular complexity index is 815. The summed E-state index contributed by atoms with van der Waals surface area (Å²) in [6.07, 6.45) is 6.80. The minimum absolute atomic E-state index is 0.0513. The minimum atomic E-state index is -0.434. The second-order valence-corrected chi connectivity index (χ2v) is 7.72. The van der Waals surface area contributed by atoms with Gasteiger partial charge in [0.15, 0.2) is 6.61 Å². The number of aromatic nitrogens is 2. The predicted molar refractivity (Wildman–Crippen MR) is 97.2 cm³/mol. The van der Waals surface area contributed by atoms with Gasteiger partial charge in [-0.25, -0.2) is 4.98 Å². The number of para-hydroxylation sites is 2. The lowest BCUT2D eigenvalue weighted by Crippen LogP contribution is -2.42. The smallest absolute Gasteiger partial charge is 0.326 e. The number of hydrogen-bond donors (Lipinski definition) is 1. The van der Waals surface area contributed by atoms with Crippen molar-refractivity contribution in [1.29, 1.82) is 0 Å². The van der Waals surface area contributed by atoms with E-state index in [2.05, 4.69) is 17.2 Å². The van der Waals surface area contributed by atoms with E-state index in [9.17, 15) is 9.59 Å². The van der Waals surface area contributed by atoms with E-state index >= 15 is 0 Å². The number of esters is 1. The third kappa shape index (κ3) is 3.45. The summed E-state index contributed by atoms with van der Waals surface area (Å²) in [6, 6.07) is 7.74. The summed E-state index contributed by atoms with van der Waals surface area (Å²) in [5, 5.41) is 3.02. The van der Waals surface area contributed by atoms with Gasteiger partial charge in [0.05, 0.1) is 17.4 Å². The molecule has 2 aliphatic rings. The second kappa shape index (κ2) is 7.09. The molecule has 2 saturated carbocycles. The fraction of sp³-hybridized carbons (Fsp3) is 0.550. The molecule has 2 aromatic rings. The molecule has 0 aliphatic heterocycles. The molecule has 138 valence electrons. The zero-order chi connectivity index (χ0) is 18.1. The van der Waals surface area contributed by atoms with Crippen LogP contribution >= 0.6 is 0 Å². The molecule has 1 amide bonds. The van der Waals surface area contributed by atoms with Crippen LogP contribution in [0.4, 0.5) is 0 Å². The van der Waals surface area contributed by atoms with Gasteiger partial charge >= 0.3 is 5.97 Å². The number of ether oxygens (including phenoxy) is 1. The molecule has 1 aromatic carbocycles. The summed E-state index contributed by atoms with van der Waals surface area (Å²) in [7, 11) is 0. The number of benzene rings is 1. The maximum atomic E-state index is 12.1. The van der Waals surface area contributed by atoms with Crippen molar-refractivity contribution in [2.75, 3.05) is 6.61 Å². The highest BCUT2D eigenvalue weighted by atomic mass is 16.5. The number of amides is 1. The van der Waals surface area contributed by atoms with E-state index in [0.717, 1.165) is 22.9 Å². The SMILES string of the molecule is CC(NC(=O)COC(=O)Cn1cnc2ccccc21)C1CC2CCC1C2. The summed E-state index contributed by atoms with van der Waals surface area (Å²) in [4.78, 5) is 28.4. The number of carbonyl (C=O) groups excluding carboxylic acids is 2. The third-order valence-corrected chi connectivity index (χ3v) is 6.01. The van der Waals surface area contributed by atoms with Gasteiger partial charge in [-0.1, -0.05) is 18.6 Å². The molecular weight excluding hydrogens is 330 g/mol. The summed E-state index contributed by atoms with van der Waals surface area (Å²) in [6.45, 7) is 1.90. The molecule has 2 fully saturated rings. The van der Waals surface area contributed by atoms with Gasteiger partial charge in [-0.15, -0.1) is 0 Å². The van der Waals surface area contributed by atoms with Crippen LogP contribution in [0.25, 0.3) is 11.0 Å². The normalized spacial score (nSPS) is 25.3. The minimum Gasteiger partial charge on any atom is -0.454 e. The number of nitrogens with one attached hydrogen (secondary N) is 1. The first-order valence-corrected chi connectivity index (χ1v) is 9.45. The Balaban J connectivity index is 1.24. The van der Waals surface area contributed by atoms with Crippen LogP contribution in [0.2, 0.25) is 0 Å². The number of carbonyl (C=O) groups is 2. The van der Waals surface area contributed by atoms with E-state index in [1.165, 1.54) is 25.7 Å². The summed E-state index contributed by atoms with van der Waals surface area (Å²) < 4.78 is 6.88. The van der Waals surface area contributed by atoms with Crippen LogP contribution in [0.3, 0.4) is 0 Å². The van der Waals surface area contributed by atoms with Crippen molar-refractivity contribution < 1.29 is 14.3 Å². The van der Waals surface area contributed by atoms with Crippen molar-refractivity contribution in [2.24, 2.45) is 17.8 Å². The topological polar surface area (TPSA) is 73.2 Å². The maximum absolute atomic E-state index is 12.1. The first kappa shape index (κ1) is 17.1. The van der Waals surface area contributed by atoms with Crippen molar-refractivity contribution in [3.63, 3.8) is 0 Å². The summed E-state index contributed by atoms with van der Waals surface area (Å²) in [5.74, 6) is 1.53. The fourth-order valence-electron chi connectivity index (χ4n) is 4.78. The van der Waals surface area contributed by atoms with Gasteiger partial charge in [0.25, 0.3) is 5.91 Å². The molecule has 26 heavy (non-hydrogen) atoms. The van der Waals surface area contributed by atoms with Gasteiger partial charge in [-0.3, -0.25) is 9.59 Å². The van der Waals surface area contributed by atoms with Crippen LogP contribution in [0.1, 0.15) is 32.6 Å². The van der Waals surface area contributed by atoms with Crippen molar-refractivity contribution in [3.8, 4) is 0 Å². The second-order valence-electron chi connectivity index (χ2n) is 7.72. The van der Waals surface area contributed by atoms with Gasteiger partial charge in [0.1, 0.15) is 6.54 Å². The molecule has 2 aliphatic carbocycles. The quantitative estimate of drug-likeness (QED) is 0.808. The molecule has 1 aromatic heterocycles. The Kier molecular flexibility index (Phi) is 4.66. The molecule has 6 heteroatoms. The van der Waals surface area contributed by atoms with E-state index in [0.29, 0.717) is 5.92 Å². The van der Waals surface area contributed by atoms with E-state index in [-0.39, 0.29) is 25.1 Å². The molecule has 0 radical (unpaired) electrons. The number of fused-ring (bicyclic) bond motifs is 3. The molecule has 2 bridgehead atoms. The number of hydrogen-bond acceptors (Lipinski definition) is 4. The average molecular weight is 355 g/mol. The highest BCUT2D eigenvalue weighted by Crippen LogP contribution is 2.49. The van der Waals surface area contributed by atoms with Crippen molar-refractivity contribution in [3.05, 3.63) is 30.6 Å². The zero-order valence-electron chi connectivity index (χ0n) is 15.1. The maximum Gasteiger partial charge on any atom is 0.326 e. The third-order valence-electron chi connectivity index (χ3n) is 6.01. The first-order chi connectivity index (χ1) is 12.6. The van der Waals surface area contributed by atoms with Crippen molar-refractivity contribution in [1.82, 2.24) is 14.9 Å². The predicted octanol–water partition coefficient (Wildman–Crippen LogP) is 2.52. The summed E-state index contributed by atoms with van der Waals surface area (Å²) in [5.41, 5.74) is 1.71. The highest BCUT2D eigenvalue weighted by molar-refractivity contribution is 5.82. The van der Waals surface area contributed by atoms with Gasteiger partial charge < -0.3 is 14.6 Å². The molecule has 4 unspecified atom stereocenters. The Morgan fingerprint density at radius 2 is 2.15 bits per heavy atom. The zero-order valence-corrected chi connectivity index (χ0v) is 15.1. The van der Waals surface area contributed by atoms with Crippen LogP contribution < -0.4 is 5.32 Å². The lowest BCUT2D eigenvalue weighted by Gasteiger charge is -2.28. The van der Waals surface area contributed by atoms with Gasteiger partial charge in [-0.2, -0.15) is 0 Å².